The Kier molecular flexibility index (Phi) is 16.5. The molecule has 4 heterocycles. The molecule has 8 rings (SSSR count). The first-order valence-corrected chi connectivity index (χ1v) is 29.6. The molecule has 2 fully saturated rings. The zero-order valence-corrected chi connectivity index (χ0v) is 44.3. The fourth-order valence-corrected chi connectivity index (χ4v) is 9.80. The van der Waals surface area contributed by atoms with Gasteiger partial charge < -0.3 is 28.4 Å². The molecule has 20 heteroatoms. The standard InChI is InChI=1S/C24H31N3O4Si.C12H21BO3Si.C12H12BrN3O3/c1-24(2,3)32(4,5)31-19-11-9-17(10-12-19)18-14-21-20(22(15-18)27(28)29)16-25-26(21)23-8-6-7-13-30-23;1-12(2,3)17(4,5)16-11-8-6-10(7-9-11)13(14)15;13-8-5-10-9(11(6-8)16(17)18)7-14-15(10)12-3-1-2-4-19-12/h9-12,14-16,23H,6-8,13H2,1-5H3;6-9,14-15H,1-5H3;5-7,12H,1-4H2. The van der Waals surface area contributed by atoms with Gasteiger partial charge in [0.05, 0.1) is 44.0 Å². The van der Waals surface area contributed by atoms with E-state index in [9.17, 15) is 20.2 Å². The van der Waals surface area contributed by atoms with E-state index in [0.29, 0.717) is 33.9 Å². The molecule has 0 aliphatic carbocycles. The number of halogens is 1. The Morgan fingerprint density at radius 2 is 1.09 bits per heavy atom. The zero-order valence-electron chi connectivity index (χ0n) is 40.7. The topological polar surface area (TPSA) is 199 Å². The van der Waals surface area contributed by atoms with E-state index in [1.165, 1.54) is 12.3 Å². The van der Waals surface area contributed by atoms with Crippen LogP contribution in [-0.2, 0) is 9.47 Å². The number of aromatic nitrogens is 4. The number of nitrogens with zero attached hydrogens (tertiary/aromatic N) is 6. The molecule has 0 amide bonds. The first-order valence-electron chi connectivity index (χ1n) is 23.0. The van der Waals surface area contributed by atoms with Crippen molar-refractivity contribution in [1.82, 2.24) is 19.6 Å². The normalized spacial score (nSPS) is 16.8. The fourth-order valence-electron chi connectivity index (χ4n) is 7.30. The number of benzene rings is 4. The van der Waals surface area contributed by atoms with Gasteiger partial charge in [-0.25, -0.2) is 9.36 Å². The maximum absolute atomic E-state index is 11.8. The quantitative estimate of drug-likeness (QED) is 0.0748. The van der Waals surface area contributed by atoms with Gasteiger partial charge in [0.15, 0.2) is 12.5 Å². The third kappa shape index (κ3) is 12.4. The van der Waals surface area contributed by atoms with Crippen molar-refractivity contribution in [2.45, 2.75) is 129 Å². The van der Waals surface area contributed by atoms with Crippen LogP contribution in [0.2, 0.25) is 36.3 Å². The van der Waals surface area contributed by atoms with E-state index in [4.69, 9.17) is 28.4 Å². The fraction of sp³-hybridized carbons (Fsp3) is 0.458. The van der Waals surface area contributed by atoms with Gasteiger partial charge in [-0.3, -0.25) is 20.2 Å². The highest BCUT2D eigenvalue weighted by Gasteiger charge is 2.40. The summed E-state index contributed by atoms with van der Waals surface area (Å²) in [5, 5.41) is 50.9. The van der Waals surface area contributed by atoms with Gasteiger partial charge in [0.25, 0.3) is 11.4 Å². The van der Waals surface area contributed by atoms with Gasteiger partial charge in [-0.15, -0.1) is 0 Å². The minimum Gasteiger partial charge on any atom is -0.544 e. The van der Waals surface area contributed by atoms with Crippen molar-refractivity contribution < 1.29 is 38.2 Å². The number of ether oxygens (including phenoxy) is 2. The molecular formula is C48H64BBrN6O10Si2. The Bertz CT molecular complexity index is 2690. The van der Waals surface area contributed by atoms with Crippen molar-refractivity contribution in [3.05, 3.63) is 110 Å². The smallest absolute Gasteiger partial charge is 0.488 e. The summed E-state index contributed by atoms with van der Waals surface area (Å²) in [4.78, 5) is 22.2. The number of fused-ring (bicyclic) bond motifs is 2. The van der Waals surface area contributed by atoms with Crippen molar-refractivity contribution in [3.63, 3.8) is 0 Å². The predicted octanol–water partition coefficient (Wildman–Crippen LogP) is 11.9. The third-order valence-corrected chi connectivity index (χ3v) is 22.5. The molecule has 68 heavy (non-hydrogen) atoms. The van der Waals surface area contributed by atoms with Gasteiger partial charge in [-0.05, 0) is 128 Å². The molecule has 6 aromatic rings. The maximum atomic E-state index is 11.8. The Balaban J connectivity index is 0.000000181. The summed E-state index contributed by atoms with van der Waals surface area (Å²) in [5.74, 6) is 1.62. The van der Waals surface area contributed by atoms with Crippen LogP contribution < -0.4 is 14.3 Å². The lowest BCUT2D eigenvalue weighted by Crippen LogP contribution is -2.44. The molecule has 0 radical (unpaired) electrons. The molecule has 2 N–H and O–H groups in total. The van der Waals surface area contributed by atoms with E-state index < -0.39 is 23.8 Å². The number of hydrogen-bond donors (Lipinski definition) is 2. The number of nitro benzene ring substituents is 2. The van der Waals surface area contributed by atoms with Gasteiger partial charge in [-0.2, -0.15) is 10.2 Å². The minimum absolute atomic E-state index is 0.0566. The van der Waals surface area contributed by atoms with Crippen LogP contribution in [0.1, 0.15) is 92.5 Å². The second-order valence-corrected chi connectivity index (χ2v) is 30.7. The summed E-state index contributed by atoms with van der Waals surface area (Å²) in [7, 11) is -5.17. The number of non-ortho nitro benzene ring substituents is 2. The second-order valence-electron chi connectivity index (χ2n) is 20.3. The van der Waals surface area contributed by atoms with Crippen molar-refractivity contribution in [2.24, 2.45) is 0 Å². The lowest BCUT2D eigenvalue weighted by Gasteiger charge is -2.36. The van der Waals surface area contributed by atoms with Crippen LogP contribution >= 0.6 is 15.9 Å². The Morgan fingerprint density at radius 1 is 0.662 bits per heavy atom. The summed E-state index contributed by atoms with van der Waals surface area (Å²) in [6.45, 7) is 23.4. The molecule has 0 spiro atoms. The average molecular weight is 1030 g/mol. The first-order chi connectivity index (χ1) is 31.9. The molecule has 364 valence electrons. The predicted molar refractivity (Wildman–Crippen MR) is 276 cm³/mol. The maximum Gasteiger partial charge on any atom is 0.488 e. The molecule has 2 unspecified atom stereocenters. The van der Waals surface area contributed by atoms with Crippen molar-refractivity contribution in [2.75, 3.05) is 13.2 Å². The van der Waals surface area contributed by atoms with E-state index in [1.807, 2.05) is 36.4 Å². The monoisotopic (exact) mass is 1030 g/mol. The third-order valence-electron chi connectivity index (χ3n) is 13.3. The van der Waals surface area contributed by atoms with Gasteiger partial charge >= 0.3 is 7.12 Å². The Morgan fingerprint density at radius 3 is 1.49 bits per heavy atom. The van der Waals surface area contributed by atoms with Crippen molar-refractivity contribution in [3.8, 4) is 22.6 Å². The van der Waals surface area contributed by atoms with E-state index in [0.717, 1.165) is 72.2 Å². The van der Waals surface area contributed by atoms with Gasteiger partial charge in [-0.1, -0.05) is 81.7 Å². The molecule has 16 nitrogen and oxygen atoms in total. The highest BCUT2D eigenvalue weighted by atomic mass is 79.9. The van der Waals surface area contributed by atoms with Crippen LogP contribution in [-0.4, -0.2) is 76.4 Å². The van der Waals surface area contributed by atoms with Crippen LogP contribution in [0.5, 0.6) is 11.5 Å². The SMILES string of the molecule is CC(C)(C)[Si](C)(C)Oc1ccc(-c2cc([N+](=O)[O-])c3cnn(C4CCCCO4)c3c2)cc1.CC(C)(C)[Si](C)(C)Oc1ccc(B(O)O)cc1.O=[N+]([O-])c1cc(Br)cc2c1cnn2C1CCCCO1. The molecule has 0 bridgehead atoms. The first kappa shape index (κ1) is 52.4. The number of nitro groups is 2. The highest BCUT2D eigenvalue weighted by Crippen LogP contribution is 2.40. The summed E-state index contributed by atoms with van der Waals surface area (Å²) >= 11 is 3.31. The largest absolute Gasteiger partial charge is 0.544 e. The van der Waals surface area contributed by atoms with Crippen molar-refractivity contribution in [1.29, 1.82) is 0 Å². The number of hydrogen-bond acceptors (Lipinski definition) is 12. The summed E-state index contributed by atoms with van der Waals surface area (Å²) in [6, 6.07) is 21.7. The van der Waals surface area contributed by atoms with Gasteiger partial charge in [0.2, 0.25) is 16.6 Å². The van der Waals surface area contributed by atoms with Crippen molar-refractivity contribution >= 4 is 78.3 Å². The van der Waals surface area contributed by atoms with Crippen LogP contribution in [0.15, 0.2) is 89.7 Å². The van der Waals surface area contributed by atoms with Crippen LogP contribution in [0.3, 0.4) is 0 Å². The van der Waals surface area contributed by atoms with Crippen LogP contribution in [0, 0.1) is 20.2 Å². The molecule has 0 saturated carbocycles. The second kappa shape index (κ2) is 21.4. The molecular weight excluding hydrogens is 967 g/mol. The number of rotatable bonds is 10. The Hall–Kier alpha value is -4.96. The molecule has 2 atom stereocenters. The highest BCUT2D eigenvalue weighted by molar-refractivity contribution is 9.10. The molecule has 2 saturated heterocycles. The van der Waals surface area contributed by atoms with Gasteiger partial charge in [0.1, 0.15) is 11.5 Å². The van der Waals surface area contributed by atoms with Crippen LogP contribution in [0.25, 0.3) is 32.9 Å². The Labute approximate surface area is 408 Å². The molecule has 2 aromatic heterocycles. The average Bonchev–Trinajstić information content (AvgIpc) is 3.91. The summed E-state index contributed by atoms with van der Waals surface area (Å²) < 4.78 is 28.2. The van der Waals surface area contributed by atoms with E-state index in [-0.39, 0.29) is 43.8 Å². The minimum atomic E-state index is -1.94. The molecule has 2 aliphatic rings. The lowest BCUT2D eigenvalue weighted by atomic mass is 9.80. The molecule has 4 aromatic carbocycles. The van der Waals surface area contributed by atoms with E-state index in [2.05, 4.69) is 93.9 Å². The van der Waals surface area contributed by atoms with Gasteiger partial charge in [0, 0.05) is 29.8 Å². The zero-order chi connectivity index (χ0) is 49.8. The van der Waals surface area contributed by atoms with E-state index in [1.54, 1.807) is 45.9 Å². The summed E-state index contributed by atoms with van der Waals surface area (Å²) in [5.41, 5.74) is 3.73. The molecule has 2 aliphatic heterocycles. The lowest BCUT2D eigenvalue weighted by molar-refractivity contribution is -0.383. The summed E-state index contributed by atoms with van der Waals surface area (Å²) in [6.07, 6.45) is 8.78. The van der Waals surface area contributed by atoms with Crippen LogP contribution in [0.4, 0.5) is 11.4 Å². The van der Waals surface area contributed by atoms with E-state index >= 15 is 0 Å².